The third kappa shape index (κ3) is 4.21. The lowest BCUT2D eigenvalue weighted by Crippen LogP contribution is -2.45. The Morgan fingerprint density at radius 3 is 2.07 bits per heavy atom. The molecule has 1 heterocycles. The Morgan fingerprint density at radius 2 is 1.54 bits per heavy atom. The summed E-state index contributed by atoms with van der Waals surface area (Å²) in [5, 5.41) is 0. The molecule has 28 heavy (non-hydrogen) atoms. The minimum atomic E-state index is -2.12. The van der Waals surface area contributed by atoms with E-state index in [2.05, 4.69) is 0 Å². The largest absolute Gasteiger partial charge is 0.459 e. The van der Waals surface area contributed by atoms with Crippen LogP contribution in [0.1, 0.15) is 27.6 Å². The van der Waals surface area contributed by atoms with Gasteiger partial charge in [0, 0.05) is 7.11 Å². The molecule has 2 unspecified atom stereocenters. The average Bonchev–Trinajstić information content (AvgIpc) is 2.96. The Kier molecular flexibility index (Phi) is 6.06. The van der Waals surface area contributed by atoms with Gasteiger partial charge in [-0.05, 0) is 31.2 Å². The zero-order valence-corrected chi connectivity index (χ0v) is 15.5. The lowest BCUT2D eigenvalue weighted by Gasteiger charge is -2.26. The van der Waals surface area contributed by atoms with Crippen LogP contribution in [0.25, 0.3) is 0 Å². The molecule has 1 fully saturated rings. The second kappa shape index (κ2) is 8.50. The molecule has 0 N–H and O–H groups in total. The normalized spacial score (nSPS) is 26.6. The number of hydrogen-bond donors (Lipinski definition) is 0. The lowest BCUT2D eigenvalue weighted by atomic mass is 9.99. The predicted octanol–water partition coefficient (Wildman–Crippen LogP) is 3.17. The van der Waals surface area contributed by atoms with Crippen molar-refractivity contribution in [3.05, 3.63) is 71.8 Å². The highest BCUT2D eigenvalue weighted by atomic mass is 19.1. The Morgan fingerprint density at radius 1 is 1.00 bits per heavy atom. The van der Waals surface area contributed by atoms with Crippen molar-refractivity contribution >= 4 is 11.9 Å². The monoisotopic (exact) mass is 388 g/mol. The third-order valence-electron chi connectivity index (χ3n) is 4.50. The van der Waals surface area contributed by atoms with Gasteiger partial charge in [-0.3, -0.25) is 0 Å². The minimum Gasteiger partial charge on any atom is -0.459 e. The number of esters is 2. The molecule has 2 aromatic carbocycles. The number of ether oxygens (including phenoxy) is 4. The Balaban J connectivity index is 1.72. The Labute approximate surface area is 162 Å². The molecule has 1 saturated heterocycles. The van der Waals surface area contributed by atoms with E-state index < -0.39 is 36.1 Å². The van der Waals surface area contributed by atoms with Gasteiger partial charge in [0.05, 0.1) is 11.1 Å². The summed E-state index contributed by atoms with van der Waals surface area (Å²) in [6.45, 7) is 0.933. The molecule has 7 heteroatoms. The first kappa shape index (κ1) is 20.0. The molecule has 3 rings (SSSR count). The number of hydrogen-bond acceptors (Lipinski definition) is 6. The van der Waals surface area contributed by atoms with Crippen molar-refractivity contribution in [3.8, 4) is 0 Å². The van der Waals surface area contributed by atoms with E-state index in [9.17, 15) is 9.59 Å². The summed E-state index contributed by atoms with van der Waals surface area (Å²) in [4.78, 5) is 24.5. The van der Waals surface area contributed by atoms with E-state index in [0.29, 0.717) is 5.56 Å². The van der Waals surface area contributed by atoms with Gasteiger partial charge in [-0.15, -0.1) is 0 Å². The molecule has 0 saturated carbocycles. The number of alkyl halides is 1. The van der Waals surface area contributed by atoms with Crippen molar-refractivity contribution in [1.29, 1.82) is 0 Å². The molecule has 1 aliphatic rings. The highest BCUT2D eigenvalue weighted by Gasteiger charge is 2.58. The highest BCUT2D eigenvalue weighted by Crippen LogP contribution is 2.37. The summed E-state index contributed by atoms with van der Waals surface area (Å²) in [6.07, 6.45) is -3.59. The van der Waals surface area contributed by atoms with Crippen molar-refractivity contribution < 1.29 is 32.9 Å². The van der Waals surface area contributed by atoms with E-state index in [1.165, 1.54) is 14.0 Å². The van der Waals surface area contributed by atoms with Crippen LogP contribution < -0.4 is 0 Å². The van der Waals surface area contributed by atoms with Crippen LogP contribution in [0.3, 0.4) is 0 Å². The van der Waals surface area contributed by atoms with Crippen LogP contribution in [-0.2, 0) is 18.9 Å². The van der Waals surface area contributed by atoms with Crippen LogP contribution in [0.2, 0.25) is 0 Å². The summed E-state index contributed by atoms with van der Waals surface area (Å²) in [7, 11) is 1.29. The number of benzene rings is 2. The Bertz CT molecular complexity index is 808. The van der Waals surface area contributed by atoms with Crippen LogP contribution in [0.15, 0.2) is 60.7 Å². The molecule has 148 valence electrons. The zero-order chi connectivity index (χ0) is 20.1. The van der Waals surface area contributed by atoms with Gasteiger partial charge in [-0.25, -0.2) is 14.0 Å². The molecule has 6 nitrogen and oxygen atoms in total. The first-order chi connectivity index (χ1) is 13.4. The van der Waals surface area contributed by atoms with Gasteiger partial charge in [0.15, 0.2) is 18.1 Å². The van der Waals surface area contributed by atoms with Crippen molar-refractivity contribution in [2.24, 2.45) is 0 Å². The van der Waals surface area contributed by atoms with E-state index in [1.807, 2.05) is 0 Å². The fraction of sp³-hybridized carbons (Fsp3) is 0.333. The average molecular weight is 388 g/mol. The number of carbonyl (C=O) groups excluding carboxylic acids is 2. The van der Waals surface area contributed by atoms with Crippen LogP contribution in [0.5, 0.6) is 0 Å². The third-order valence-corrected chi connectivity index (χ3v) is 4.50. The molecule has 0 radical (unpaired) electrons. The van der Waals surface area contributed by atoms with Crippen molar-refractivity contribution in [2.45, 2.75) is 31.1 Å². The molecule has 0 aliphatic carbocycles. The number of methoxy groups -OCH3 is 1. The van der Waals surface area contributed by atoms with Crippen molar-refractivity contribution in [2.75, 3.05) is 13.7 Å². The number of carbonyl (C=O) groups is 2. The molecule has 0 amide bonds. The summed E-state index contributed by atoms with van der Waals surface area (Å²) >= 11 is 0. The van der Waals surface area contributed by atoms with Gasteiger partial charge in [0.1, 0.15) is 12.7 Å². The van der Waals surface area contributed by atoms with E-state index in [4.69, 9.17) is 18.9 Å². The SMILES string of the molecule is CO[C@@H]1O[C@H](COC(=O)c2ccccc2)C(OC(=O)c2ccccc2)C1(C)F. The van der Waals surface area contributed by atoms with Gasteiger partial charge in [-0.2, -0.15) is 0 Å². The molecule has 2 aromatic rings. The first-order valence-electron chi connectivity index (χ1n) is 8.79. The Hall–Kier alpha value is -2.77. The fourth-order valence-corrected chi connectivity index (χ4v) is 3.04. The van der Waals surface area contributed by atoms with Crippen molar-refractivity contribution in [1.82, 2.24) is 0 Å². The lowest BCUT2D eigenvalue weighted by molar-refractivity contribution is -0.164. The van der Waals surface area contributed by atoms with Gasteiger partial charge < -0.3 is 18.9 Å². The molecule has 1 aliphatic heterocycles. The van der Waals surface area contributed by atoms with Gasteiger partial charge >= 0.3 is 11.9 Å². The number of halogens is 1. The van der Waals surface area contributed by atoms with E-state index in [-0.39, 0.29) is 12.2 Å². The van der Waals surface area contributed by atoms with Gasteiger partial charge in [0.2, 0.25) is 0 Å². The number of rotatable bonds is 6. The highest BCUT2D eigenvalue weighted by molar-refractivity contribution is 5.90. The summed E-state index contributed by atoms with van der Waals surface area (Å²) in [5.41, 5.74) is -1.49. The minimum absolute atomic E-state index is 0.277. The standard InChI is InChI=1S/C21H21FO6/c1-21(22)17(28-19(24)15-11-7-4-8-12-15)16(27-20(21)25-2)13-26-18(23)14-9-5-3-6-10-14/h3-12,16-17,20H,13H2,1-2H3/t16-,17?,20-,21?/m1/s1. The summed E-state index contributed by atoms with van der Waals surface area (Å²) < 4.78 is 36.4. The molecule has 0 aromatic heterocycles. The molecule has 0 bridgehead atoms. The fourth-order valence-electron chi connectivity index (χ4n) is 3.04. The molecular formula is C21H21FO6. The van der Waals surface area contributed by atoms with Crippen LogP contribution in [-0.4, -0.2) is 49.8 Å². The summed E-state index contributed by atoms with van der Waals surface area (Å²) in [5.74, 6) is -1.28. The second-order valence-corrected chi connectivity index (χ2v) is 6.55. The zero-order valence-electron chi connectivity index (χ0n) is 15.5. The van der Waals surface area contributed by atoms with Crippen LogP contribution in [0.4, 0.5) is 4.39 Å². The topological polar surface area (TPSA) is 71.1 Å². The molecule has 4 atom stereocenters. The maximum Gasteiger partial charge on any atom is 0.338 e. The van der Waals surface area contributed by atoms with E-state index in [0.717, 1.165) is 0 Å². The summed E-state index contributed by atoms with van der Waals surface area (Å²) in [6, 6.07) is 16.6. The quantitative estimate of drug-likeness (QED) is 0.708. The van der Waals surface area contributed by atoms with Gasteiger partial charge in [0.25, 0.3) is 0 Å². The maximum atomic E-state index is 15.2. The maximum absolute atomic E-state index is 15.2. The molecule has 0 spiro atoms. The van der Waals surface area contributed by atoms with Crippen LogP contribution in [0, 0.1) is 0 Å². The van der Waals surface area contributed by atoms with E-state index in [1.54, 1.807) is 60.7 Å². The van der Waals surface area contributed by atoms with Gasteiger partial charge in [-0.1, -0.05) is 36.4 Å². The first-order valence-corrected chi connectivity index (χ1v) is 8.79. The second-order valence-electron chi connectivity index (χ2n) is 6.55. The van der Waals surface area contributed by atoms with Crippen molar-refractivity contribution in [3.63, 3.8) is 0 Å². The predicted molar refractivity (Wildman–Crippen MR) is 97.6 cm³/mol. The molecular weight excluding hydrogens is 367 g/mol. The smallest absolute Gasteiger partial charge is 0.338 e. The van der Waals surface area contributed by atoms with E-state index >= 15 is 4.39 Å². The van der Waals surface area contributed by atoms with Crippen LogP contribution >= 0.6 is 0 Å².